The SMILES string of the molecule is C[C@@]12CC[C@H](O1)[C@H]1C(=O)NC(=O)[C@@H]12. The Kier molecular flexibility index (Phi) is 1.12. The van der Waals surface area contributed by atoms with E-state index in [4.69, 9.17) is 4.74 Å². The number of amides is 2. The molecule has 3 aliphatic heterocycles. The lowest BCUT2D eigenvalue weighted by Crippen LogP contribution is -2.38. The summed E-state index contributed by atoms with van der Waals surface area (Å²) in [5, 5.41) is 2.39. The maximum atomic E-state index is 11.4. The first-order valence-corrected chi connectivity index (χ1v) is 4.64. The molecule has 3 aliphatic rings. The molecule has 3 heterocycles. The molecule has 2 amide bonds. The maximum absolute atomic E-state index is 11.4. The molecule has 3 rings (SSSR count). The van der Waals surface area contributed by atoms with Crippen LogP contribution in [-0.2, 0) is 14.3 Å². The number of fused-ring (bicyclic) bond motifs is 5. The lowest BCUT2D eigenvalue weighted by atomic mass is 9.74. The van der Waals surface area contributed by atoms with Crippen molar-refractivity contribution in [1.82, 2.24) is 5.32 Å². The van der Waals surface area contributed by atoms with Crippen LogP contribution in [0.4, 0.5) is 0 Å². The summed E-state index contributed by atoms with van der Waals surface area (Å²) >= 11 is 0. The third-order valence-corrected chi connectivity index (χ3v) is 3.60. The van der Waals surface area contributed by atoms with E-state index in [1.807, 2.05) is 6.92 Å². The molecule has 1 N–H and O–H groups in total. The molecular weight excluding hydrogens is 170 g/mol. The average Bonchev–Trinajstić information content (AvgIpc) is 2.62. The summed E-state index contributed by atoms with van der Waals surface area (Å²) in [6.07, 6.45) is 1.80. The lowest BCUT2D eigenvalue weighted by molar-refractivity contribution is -0.130. The number of nitrogens with one attached hydrogen (secondary N) is 1. The van der Waals surface area contributed by atoms with E-state index < -0.39 is 0 Å². The first-order valence-electron chi connectivity index (χ1n) is 4.64. The minimum absolute atomic E-state index is 0.0125. The van der Waals surface area contributed by atoms with Crippen LogP contribution in [0.3, 0.4) is 0 Å². The normalized spacial score (nSPS) is 52.5. The number of carbonyl (C=O) groups excluding carboxylic acids is 2. The molecule has 0 aromatic heterocycles. The average molecular weight is 181 g/mol. The molecule has 0 unspecified atom stereocenters. The zero-order valence-electron chi connectivity index (χ0n) is 7.37. The molecule has 0 aliphatic carbocycles. The predicted molar refractivity (Wildman–Crippen MR) is 42.6 cm³/mol. The number of rotatable bonds is 0. The van der Waals surface area contributed by atoms with Crippen LogP contribution in [0, 0.1) is 11.8 Å². The molecule has 0 aromatic rings. The van der Waals surface area contributed by atoms with Crippen molar-refractivity contribution in [3.63, 3.8) is 0 Å². The lowest BCUT2D eigenvalue weighted by Gasteiger charge is -2.25. The van der Waals surface area contributed by atoms with Gasteiger partial charge in [0, 0.05) is 0 Å². The highest BCUT2D eigenvalue weighted by atomic mass is 16.5. The highest BCUT2D eigenvalue weighted by Crippen LogP contribution is 2.52. The summed E-state index contributed by atoms with van der Waals surface area (Å²) in [7, 11) is 0. The van der Waals surface area contributed by atoms with E-state index in [-0.39, 0.29) is 35.4 Å². The largest absolute Gasteiger partial charge is 0.370 e. The number of ether oxygens (including phenoxy) is 1. The van der Waals surface area contributed by atoms with Crippen molar-refractivity contribution < 1.29 is 14.3 Å². The Morgan fingerprint density at radius 3 is 2.92 bits per heavy atom. The summed E-state index contributed by atoms with van der Waals surface area (Å²) in [5.74, 6) is -0.701. The Morgan fingerprint density at radius 2 is 2.23 bits per heavy atom. The second kappa shape index (κ2) is 1.95. The first kappa shape index (κ1) is 7.50. The van der Waals surface area contributed by atoms with Gasteiger partial charge < -0.3 is 4.74 Å². The van der Waals surface area contributed by atoms with Gasteiger partial charge >= 0.3 is 0 Å². The van der Waals surface area contributed by atoms with Gasteiger partial charge in [-0.05, 0) is 19.8 Å². The fourth-order valence-corrected chi connectivity index (χ4v) is 3.01. The van der Waals surface area contributed by atoms with Crippen molar-refractivity contribution in [2.45, 2.75) is 31.5 Å². The van der Waals surface area contributed by atoms with Crippen molar-refractivity contribution in [1.29, 1.82) is 0 Å². The molecule has 13 heavy (non-hydrogen) atoms. The topological polar surface area (TPSA) is 55.4 Å². The smallest absolute Gasteiger partial charge is 0.233 e. The molecule has 0 spiro atoms. The number of imide groups is 1. The van der Waals surface area contributed by atoms with E-state index in [0.717, 1.165) is 12.8 Å². The van der Waals surface area contributed by atoms with E-state index in [1.165, 1.54) is 0 Å². The van der Waals surface area contributed by atoms with Crippen molar-refractivity contribution >= 4 is 11.8 Å². The van der Waals surface area contributed by atoms with Crippen LogP contribution in [-0.4, -0.2) is 23.5 Å². The second-order valence-electron chi connectivity index (χ2n) is 4.36. The van der Waals surface area contributed by atoms with Crippen molar-refractivity contribution in [2.24, 2.45) is 11.8 Å². The minimum Gasteiger partial charge on any atom is -0.370 e. The van der Waals surface area contributed by atoms with Crippen molar-refractivity contribution in [3.05, 3.63) is 0 Å². The van der Waals surface area contributed by atoms with Crippen LogP contribution in [0.2, 0.25) is 0 Å². The molecule has 2 bridgehead atoms. The molecule has 4 heteroatoms. The first-order chi connectivity index (χ1) is 6.12. The van der Waals surface area contributed by atoms with Gasteiger partial charge in [0.2, 0.25) is 11.8 Å². The highest BCUT2D eigenvalue weighted by Gasteiger charge is 2.65. The number of hydrogen-bond donors (Lipinski definition) is 1. The quantitative estimate of drug-likeness (QED) is 0.528. The maximum Gasteiger partial charge on any atom is 0.233 e. The van der Waals surface area contributed by atoms with Gasteiger partial charge in [-0.3, -0.25) is 14.9 Å². The van der Waals surface area contributed by atoms with Crippen LogP contribution >= 0.6 is 0 Å². The van der Waals surface area contributed by atoms with E-state index in [2.05, 4.69) is 5.32 Å². The third-order valence-electron chi connectivity index (χ3n) is 3.60. The van der Waals surface area contributed by atoms with Gasteiger partial charge in [0.15, 0.2) is 0 Å². The van der Waals surface area contributed by atoms with E-state index in [1.54, 1.807) is 0 Å². The standard InChI is InChI=1S/C9H11NO3/c1-9-3-2-4(13-9)5-6(9)8(12)10-7(5)11/h4-6H,2-3H2,1H3,(H,10,11,12)/t4-,5+,6+,9-/m0/s1. The van der Waals surface area contributed by atoms with E-state index >= 15 is 0 Å². The molecule has 4 atom stereocenters. The summed E-state index contributed by atoms with van der Waals surface area (Å²) in [5.41, 5.74) is -0.369. The van der Waals surface area contributed by atoms with Gasteiger partial charge in [-0.1, -0.05) is 0 Å². The fourth-order valence-electron chi connectivity index (χ4n) is 3.01. The molecular formula is C9H11NO3. The Balaban J connectivity index is 2.08. The molecule has 3 saturated heterocycles. The van der Waals surface area contributed by atoms with Crippen LogP contribution < -0.4 is 5.32 Å². The zero-order chi connectivity index (χ0) is 9.22. The Morgan fingerprint density at radius 1 is 1.46 bits per heavy atom. The van der Waals surface area contributed by atoms with Crippen molar-refractivity contribution in [2.75, 3.05) is 0 Å². The highest BCUT2D eigenvalue weighted by molar-refractivity contribution is 6.06. The van der Waals surface area contributed by atoms with Gasteiger partial charge in [0.25, 0.3) is 0 Å². The third kappa shape index (κ3) is 0.705. The fraction of sp³-hybridized carbons (Fsp3) is 0.778. The van der Waals surface area contributed by atoms with Crippen LogP contribution in [0.1, 0.15) is 19.8 Å². The van der Waals surface area contributed by atoms with E-state index in [0.29, 0.717) is 0 Å². The number of hydrogen-bond acceptors (Lipinski definition) is 3. The van der Waals surface area contributed by atoms with E-state index in [9.17, 15) is 9.59 Å². The Bertz CT molecular complexity index is 314. The Labute approximate surface area is 75.6 Å². The van der Waals surface area contributed by atoms with Gasteiger partial charge in [0.05, 0.1) is 23.5 Å². The summed E-state index contributed by atoms with van der Waals surface area (Å²) < 4.78 is 5.69. The summed E-state index contributed by atoms with van der Waals surface area (Å²) in [4.78, 5) is 22.8. The molecule has 0 radical (unpaired) electrons. The summed E-state index contributed by atoms with van der Waals surface area (Å²) in [6.45, 7) is 1.94. The predicted octanol–water partition coefficient (Wildman–Crippen LogP) is -0.174. The van der Waals surface area contributed by atoms with Crippen LogP contribution in [0.15, 0.2) is 0 Å². The minimum atomic E-state index is -0.369. The van der Waals surface area contributed by atoms with Gasteiger partial charge in [-0.15, -0.1) is 0 Å². The molecule has 0 aromatic carbocycles. The monoisotopic (exact) mass is 181 g/mol. The van der Waals surface area contributed by atoms with Crippen LogP contribution in [0.5, 0.6) is 0 Å². The molecule has 3 fully saturated rings. The van der Waals surface area contributed by atoms with Gasteiger partial charge in [0.1, 0.15) is 0 Å². The van der Waals surface area contributed by atoms with Crippen molar-refractivity contribution in [3.8, 4) is 0 Å². The molecule has 4 nitrogen and oxygen atoms in total. The van der Waals surface area contributed by atoms with Gasteiger partial charge in [-0.2, -0.15) is 0 Å². The molecule has 0 saturated carbocycles. The zero-order valence-corrected chi connectivity index (χ0v) is 7.37. The van der Waals surface area contributed by atoms with Crippen LogP contribution in [0.25, 0.3) is 0 Å². The van der Waals surface area contributed by atoms with Gasteiger partial charge in [-0.25, -0.2) is 0 Å². The second-order valence-corrected chi connectivity index (χ2v) is 4.36. The summed E-state index contributed by atoms with van der Waals surface area (Å²) in [6, 6.07) is 0. The Hall–Kier alpha value is -0.900. The number of carbonyl (C=O) groups is 2. The molecule has 70 valence electrons.